The Morgan fingerprint density at radius 2 is 1.92 bits per heavy atom. The summed E-state index contributed by atoms with van der Waals surface area (Å²) in [5.41, 5.74) is 1.16. The molecule has 8 heteroatoms. The summed E-state index contributed by atoms with van der Waals surface area (Å²) in [5.74, 6) is -1.41. The summed E-state index contributed by atoms with van der Waals surface area (Å²) in [7, 11) is 0. The Morgan fingerprint density at radius 1 is 1.12 bits per heavy atom. The summed E-state index contributed by atoms with van der Waals surface area (Å²) >= 11 is 0. The second kappa shape index (κ2) is 6.91. The Labute approximate surface area is 142 Å². The van der Waals surface area contributed by atoms with E-state index in [1.54, 1.807) is 30.5 Å². The van der Waals surface area contributed by atoms with Gasteiger partial charge in [0.25, 0.3) is 5.91 Å². The van der Waals surface area contributed by atoms with Gasteiger partial charge in [-0.25, -0.2) is 9.07 Å². The fraction of sp³-hybridized carbons (Fsp3) is 0.0588. The van der Waals surface area contributed by atoms with Crippen molar-refractivity contribution < 1.29 is 14.0 Å². The van der Waals surface area contributed by atoms with Crippen molar-refractivity contribution in [1.82, 2.24) is 15.0 Å². The maximum absolute atomic E-state index is 14.0. The first-order valence-electron chi connectivity index (χ1n) is 7.39. The van der Waals surface area contributed by atoms with Crippen LogP contribution in [-0.4, -0.2) is 26.8 Å². The molecule has 0 saturated heterocycles. The van der Waals surface area contributed by atoms with Crippen LogP contribution in [0.25, 0.3) is 5.69 Å². The maximum atomic E-state index is 14.0. The molecule has 1 heterocycles. The number of nitrogens with one attached hydrogen (secondary N) is 2. The standard InChI is InChI=1S/C17H14FN5O2/c1-11(24)20-12-6-7-14(18)15(10-12)21-17(25)13-4-2-3-5-16(13)23-9-8-19-22-23/h2-10H,1H3,(H,20,24)(H,21,25). The molecular formula is C17H14FN5O2. The molecule has 3 aromatic rings. The monoisotopic (exact) mass is 339 g/mol. The van der Waals surface area contributed by atoms with Crippen LogP contribution < -0.4 is 10.6 Å². The van der Waals surface area contributed by atoms with Gasteiger partial charge >= 0.3 is 0 Å². The van der Waals surface area contributed by atoms with Gasteiger partial charge in [0.2, 0.25) is 5.91 Å². The normalized spacial score (nSPS) is 10.3. The molecule has 3 rings (SSSR count). The first-order valence-corrected chi connectivity index (χ1v) is 7.39. The minimum absolute atomic E-state index is 0.0374. The van der Waals surface area contributed by atoms with Gasteiger partial charge in [-0.3, -0.25) is 9.59 Å². The predicted octanol–water partition coefficient (Wildman–Crippen LogP) is 2.62. The SMILES string of the molecule is CC(=O)Nc1ccc(F)c(NC(=O)c2ccccc2-n2ccnn2)c1. The highest BCUT2D eigenvalue weighted by molar-refractivity contribution is 6.07. The number of anilines is 2. The molecule has 2 aromatic carbocycles. The first-order chi connectivity index (χ1) is 12.0. The summed E-state index contributed by atoms with van der Waals surface area (Å²) in [6, 6.07) is 10.7. The fourth-order valence-electron chi connectivity index (χ4n) is 2.29. The number of benzene rings is 2. The molecule has 0 bridgehead atoms. The van der Waals surface area contributed by atoms with Crippen LogP contribution in [0.2, 0.25) is 0 Å². The molecule has 0 saturated carbocycles. The van der Waals surface area contributed by atoms with Crippen molar-refractivity contribution >= 4 is 23.2 Å². The third kappa shape index (κ3) is 3.69. The molecule has 0 unspecified atom stereocenters. The molecule has 0 radical (unpaired) electrons. The number of carbonyl (C=O) groups excluding carboxylic acids is 2. The molecule has 7 nitrogen and oxygen atoms in total. The third-order valence-corrected chi connectivity index (χ3v) is 3.35. The zero-order valence-corrected chi connectivity index (χ0v) is 13.2. The molecule has 0 spiro atoms. The summed E-state index contributed by atoms with van der Waals surface area (Å²) in [5, 5.41) is 12.6. The Balaban J connectivity index is 1.90. The van der Waals surface area contributed by atoms with Gasteiger partial charge in [0, 0.05) is 12.6 Å². The molecule has 0 fully saturated rings. The van der Waals surface area contributed by atoms with Crippen molar-refractivity contribution in [3.8, 4) is 5.69 Å². The summed E-state index contributed by atoms with van der Waals surface area (Å²) < 4.78 is 15.4. The van der Waals surface area contributed by atoms with Crippen LogP contribution in [0, 0.1) is 5.82 Å². The summed E-state index contributed by atoms with van der Waals surface area (Å²) in [6.45, 7) is 1.34. The van der Waals surface area contributed by atoms with Gasteiger partial charge < -0.3 is 10.6 Å². The molecule has 0 aliphatic rings. The van der Waals surface area contributed by atoms with Crippen LogP contribution >= 0.6 is 0 Å². The van der Waals surface area contributed by atoms with E-state index in [-0.39, 0.29) is 11.6 Å². The maximum Gasteiger partial charge on any atom is 0.257 e. The minimum Gasteiger partial charge on any atom is -0.326 e. The van der Waals surface area contributed by atoms with Gasteiger partial charge in [0.05, 0.1) is 29.3 Å². The largest absolute Gasteiger partial charge is 0.326 e. The van der Waals surface area contributed by atoms with E-state index in [9.17, 15) is 14.0 Å². The Kier molecular flexibility index (Phi) is 4.51. The zero-order chi connectivity index (χ0) is 17.8. The van der Waals surface area contributed by atoms with E-state index >= 15 is 0 Å². The van der Waals surface area contributed by atoms with Crippen molar-refractivity contribution in [1.29, 1.82) is 0 Å². The van der Waals surface area contributed by atoms with Crippen molar-refractivity contribution in [3.63, 3.8) is 0 Å². The lowest BCUT2D eigenvalue weighted by Gasteiger charge is -2.11. The summed E-state index contributed by atoms with van der Waals surface area (Å²) in [4.78, 5) is 23.7. The highest BCUT2D eigenvalue weighted by atomic mass is 19.1. The number of hydrogen-bond acceptors (Lipinski definition) is 4. The number of aromatic nitrogens is 3. The van der Waals surface area contributed by atoms with E-state index in [0.717, 1.165) is 0 Å². The van der Waals surface area contributed by atoms with Crippen molar-refractivity contribution in [2.45, 2.75) is 6.92 Å². The molecule has 126 valence electrons. The molecule has 2 N–H and O–H groups in total. The Bertz CT molecular complexity index is 925. The van der Waals surface area contributed by atoms with Crippen molar-refractivity contribution in [2.24, 2.45) is 0 Å². The van der Waals surface area contributed by atoms with Gasteiger partial charge in [-0.15, -0.1) is 5.10 Å². The molecule has 2 amide bonds. The highest BCUT2D eigenvalue weighted by Crippen LogP contribution is 2.22. The van der Waals surface area contributed by atoms with Crippen LogP contribution in [0.15, 0.2) is 54.9 Å². The van der Waals surface area contributed by atoms with E-state index in [0.29, 0.717) is 16.9 Å². The third-order valence-electron chi connectivity index (χ3n) is 3.35. The molecule has 0 aliphatic carbocycles. The fourth-order valence-corrected chi connectivity index (χ4v) is 2.29. The molecule has 25 heavy (non-hydrogen) atoms. The Morgan fingerprint density at radius 3 is 2.64 bits per heavy atom. The van der Waals surface area contributed by atoms with Crippen LogP contribution in [-0.2, 0) is 4.79 Å². The van der Waals surface area contributed by atoms with E-state index in [1.165, 1.54) is 36.0 Å². The lowest BCUT2D eigenvalue weighted by atomic mass is 10.1. The number of para-hydroxylation sites is 1. The number of nitrogens with zero attached hydrogens (tertiary/aromatic N) is 3. The molecule has 0 atom stereocenters. The van der Waals surface area contributed by atoms with E-state index in [1.807, 2.05) is 0 Å². The van der Waals surface area contributed by atoms with Crippen molar-refractivity contribution in [3.05, 3.63) is 66.2 Å². The van der Waals surface area contributed by atoms with E-state index in [4.69, 9.17) is 0 Å². The average molecular weight is 339 g/mol. The van der Waals surface area contributed by atoms with Gasteiger partial charge in [0.15, 0.2) is 0 Å². The van der Waals surface area contributed by atoms with Crippen molar-refractivity contribution in [2.75, 3.05) is 10.6 Å². The average Bonchev–Trinajstić information content (AvgIpc) is 3.12. The quantitative estimate of drug-likeness (QED) is 0.765. The minimum atomic E-state index is -0.610. The van der Waals surface area contributed by atoms with E-state index < -0.39 is 11.7 Å². The molecule has 0 aliphatic heterocycles. The lowest BCUT2D eigenvalue weighted by molar-refractivity contribution is -0.114. The lowest BCUT2D eigenvalue weighted by Crippen LogP contribution is -2.16. The molecule has 1 aromatic heterocycles. The van der Waals surface area contributed by atoms with Crippen LogP contribution in [0.4, 0.5) is 15.8 Å². The van der Waals surface area contributed by atoms with Crippen LogP contribution in [0.3, 0.4) is 0 Å². The first kappa shape index (κ1) is 16.3. The smallest absolute Gasteiger partial charge is 0.257 e. The second-order valence-electron chi connectivity index (χ2n) is 5.19. The zero-order valence-electron chi connectivity index (χ0n) is 13.2. The second-order valence-corrected chi connectivity index (χ2v) is 5.19. The van der Waals surface area contributed by atoms with Gasteiger partial charge in [-0.2, -0.15) is 0 Å². The Hall–Kier alpha value is -3.55. The number of amides is 2. The van der Waals surface area contributed by atoms with Gasteiger partial charge in [-0.05, 0) is 30.3 Å². The predicted molar refractivity (Wildman–Crippen MR) is 90.0 cm³/mol. The number of hydrogen-bond donors (Lipinski definition) is 2. The van der Waals surface area contributed by atoms with Crippen LogP contribution in [0.5, 0.6) is 0 Å². The molecular weight excluding hydrogens is 325 g/mol. The summed E-state index contributed by atoms with van der Waals surface area (Å²) in [6.07, 6.45) is 3.09. The number of carbonyl (C=O) groups is 2. The van der Waals surface area contributed by atoms with Crippen LogP contribution in [0.1, 0.15) is 17.3 Å². The van der Waals surface area contributed by atoms with E-state index in [2.05, 4.69) is 20.9 Å². The van der Waals surface area contributed by atoms with Gasteiger partial charge in [0.1, 0.15) is 5.82 Å². The number of rotatable bonds is 4. The topological polar surface area (TPSA) is 88.9 Å². The van der Waals surface area contributed by atoms with Gasteiger partial charge in [-0.1, -0.05) is 17.3 Å². The highest BCUT2D eigenvalue weighted by Gasteiger charge is 2.15. The number of halogens is 1.